The predicted octanol–water partition coefficient (Wildman–Crippen LogP) is 8.15. The zero-order chi connectivity index (χ0) is 16.5. The van der Waals surface area contributed by atoms with Gasteiger partial charge in [-0.15, -0.1) is 0 Å². The van der Waals surface area contributed by atoms with Crippen LogP contribution in [0.25, 0.3) is 0 Å². The molecule has 23 heavy (non-hydrogen) atoms. The molecule has 2 fully saturated rings. The van der Waals surface area contributed by atoms with Gasteiger partial charge in [-0.05, 0) is 29.6 Å². The van der Waals surface area contributed by atoms with Crippen LogP contribution in [0.2, 0.25) is 0 Å². The van der Waals surface area contributed by atoms with Gasteiger partial charge in [0.05, 0.1) is 0 Å². The summed E-state index contributed by atoms with van der Waals surface area (Å²) in [6.45, 7) is 7.23. The summed E-state index contributed by atoms with van der Waals surface area (Å²) in [5.74, 6) is 3.20. The second kappa shape index (κ2) is 10.1. The fraction of sp³-hybridized carbons (Fsp3) is 1.00. The molecule has 0 aromatic carbocycles. The van der Waals surface area contributed by atoms with Gasteiger partial charge >= 0.3 is 0 Å². The van der Waals surface area contributed by atoms with Gasteiger partial charge in [-0.2, -0.15) is 0 Å². The van der Waals surface area contributed by atoms with Crippen LogP contribution in [-0.2, 0) is 0 Å². The minimum Gasteiger partial charge on any atom is -0.0602 e. The number of rotatable bonds is 8. The molecule has 0 amide bonds. The molecule has 0 spiro atoms. The molecular formula is C23H44. The molecule has 0 N–H and O–H groups in total. The summed E-state index contributed by atoms with van der Waals surface area (Å²) in [4.78, 5) is 0. The zero-order valence-corrected chi connectivity index (χ0v) is 16.5. The van der Waals surface area contributed by atoms with Crippen molar-refractivity contribution in [2.24, 2.45) is 23.2 Å². The van der Waals surface area contributed by atoms with E-state index in [1.807, 2.05) is 0 Å². The Kier molecular flexibility index (Phi) is 8.48. The Bertz CT molecular complexity index is 284. The van der Waals surface area contributed by atoms with E-state index in [1.54, 1.807) is 0 Å². The van der Waals surface area contributed by atoms with Crippen molar-refractivity contribution in [3.8, 4) is 0 Å². The molecule has 2 aliphatic carbocycles. The first-order chi connectivity index (χ1) is 11.0. The monoisotopic (exact) mass is 320 g/mol. The molecule has 2 rings (SSSR count). The third-order valence-electron chi connectivity index (χ3n) is 6.57. The molecule has 0 heterocycles. The van der Waals surface area contributed by atoms with Crippen molar-refractivity contribution in [2.45, 2.75) is 124 Å². The average Bonchev–Trinajstić information content (AvgIpc) is 2.52. The van der Waals surface area contributed by atoms with Crippen molar-refractivity contribution in [1.82, 2.24) is 0 Å². The molecule has 0 radical (unpaired) electrons. The maximum Gasteiger partial charge on any atom is -0.0380 e. The van der Waals surface area contributed by atoms with Crippen LogP contribution in [0.5, 0.6) is 0 Å². The van der Waals surface area contributed by atoms with Crippen molar-refractivity contribution in [3.63, 3.8) is 0 Å². The Morgan fingerprint density at radius 3 is 1.57 bits per heavy atom. The highest BCUT2D eigenvalue weighted by molar-refractivity contribution is 4.76. The molecule has 2 aliphatic rings. The SMILES string of the molecule is CC(C)(C)CC1CCC(CCCCCCC2CCCCC2)CC1. The van der Waals surface area contributed by atoms with E-state index in [-0.39, 0.29) is 0 Å². The first kappa shape index (κ1) is 19.3. The van der Waals surface area contributed by atoms with E-state index in [4.69, 9.17) is 0 Å². The summed E-state index contributed by atoms with van der Waals surface area (Å²) >= 11 is 0. The molecule has 2 saturated carbocycles. The van der Waals surface area contributed by atoms with Gasteiger partial charge in [0, 0.05) is 0 Å². The van der Waals surface area contributed by atoms with E-state index in [9.17, 15) is 0 Å². The van der Waals surface area contributed by atoms with Gasteiger partial charge in [0.2, 0.25) is 0 Å². The quantitative estimate of drug-likeness (QED) is 0.396. The Hall–Kier alpha value is 0. The lowest BCUT2D eigenvalue weighted by Crippen LogP contribution is -2.19. The Labute approximate surface area is 147 Å². The van der Waals surface area contributed by atoms with Gasteiger partial charge in [-0.3, -0.25) is 0 Å². The molecule has 0 aromatic heterocycles. The average molecular weight is 321 g/mol. The normalized spacial score (nSPS) is 27.3. The molecule has 0 unspecified atom stereocenters. The second-order valence-corrected chi connectivity index (χ2v) is 10.1. The minimum atomic E-state index is 0.538. The second-order valence-electron chi connectivity index (χ2n) is 10.1. The lowest BCUT2D eigenvalue weighted by atomic mass is 9.73. The van der Waals surface area contributed by atoms with Crippen LogP contribution >= 0.6 is 0 Å². The Morgan fingerprint density at radius 2 is 1.04 bits per heavy atom. The topological polar surface area (TPSA) is 0 Å². The van der Waals surface area contributed by atoms with Gasteiger partial charge in [0.25, 0.3) is 0 Å². The highest BCUT2D eigenvalue weighted by Gasteiger charge is 2.24. The first-order valence-electron chi connectivity index (χ1n) is 11.0. The van der Waals surface area contributed by atoms with Crippen LogP contribution in [0, 0.1) is 23.2 Å². The van der Waals surface area contributed by atoms with Crippen LogP contribution in [0.3, 0.4) is 0 Å². The number of unbranched alkanes of at least 4 members (excludes halogenated alkanes) is 3. The highest BCUT2D eigenvalue weighted by atomic mass is 14.3. The van der Waals surface area contributed by atoms with Crippen LogP contribution in [-0.4, -0.2) is 0 Å². The summed E-state index contributed by atoms with van der Waals surface area (Å²) in [6, 6.07) is 0. The van der Waals surface area contributed by atoms with Gasteiger partial charge in [0.15, 0.2) is 0 Å². The standard InChI is InChI=1S/C23H44/c1-23(2,3)19-22-17-15-21(16-18-22)14-8-5-4-7-11-20-12-9-6-10-13-20/h20-22H,4-19H2,1-3H3. The molecular weight excluding hydrogens is 276 g/mol. The van der Waals surface area contributed by atoms with Crippen LogP contribution in [0.4, 0.5) is 0 Å². The maximum absolute atomic E-state index is 2.41. The van der Waals surface area contributed by atoms with Gasteiger partial charge in [0.1, 0.15) is 0 Å². The lowest BCUT2D eigenvalue weighted by molar-refractivity contribution is 0.197. The Balaban J connectivity index is 1.43. The summed E-state index contributed by atoms with van der Waals surface area (Å²) in [5, 5.41) is 0. The molecule has 0 aromatic rings. The molecule has 0 atom stereocenters. The van der Waals surface area contributed by atoms with E-state index in [0.29, 0.717) is 5.41 Å². The van der Waals surface area contributed by atoms with Crippen LogP contribution in [0.1, 0.15) is 124 Å². The third-order valence-corrected chi connectivity index (χ3v) is 6.57. The fourth-order valence-corrected chi connectivity index (χ4v) is 5.29. The molecule has 0 aliphatic heterocycles. The molecule has 0 bridgehead atoms. The number of hydrogen-bond acceptors (Lipinski definition) is 0. The number of hydrogen-bond donors (Lipinski definition) is 0. The zero-order valence-electron chi connectivity index (χ0n) is 16.5. The maximum atomic E-state index is 2.41. The molecule has 0 saturated heterocycles. The van der Waals surface area contributed by atoms with Crippen molar-refractivity contribution >= 4 is 0 Å². The fourth-order valence-electron chi connectivity index (χ4n) is 5.29. The largest absolute Gasteiger partial charge is 0.0602 e. The summed E-state index contributed by atoms with van der Waals surface area (Å²) in [5.41, 5.74) is 0.538. The van der Waals surface area contributed by atoms with Gasteiger partial charge in [-0.25, -0.2) is 0 Å². The molecule has 0 nitrogen and oxygen atoms in total. The van der Waals surface area contributed by atoms with Crippen molar-refractivity contribution < 1.29 is 0 Å². The van der Waals surface area contributed by atoms with Crippen LogP contribution < -0.4 is 0 Å². The van der Waals surface area contributed by atoms with Crippen molar-refractivity contribution in [3.05, 3.63) is 0 Å². The van der Waals surface area contributed by atoms with E-state index in [0.717, 1.165) is 17.8 Å². The van der Waals surface area contributed by atoms with E-state index >= 15 is 0 Å². The van der Waals surface area contributed by atoms with Crippen molar-refractivity contribution in [1.29, 1.82) is 0 Å². The van der Waals surface area contributed by atoms with E-state index < -0.39 is 0 Å². The molecule has 136 valence electrons. The molecule has 0 heteroatoms. The Morgan fingerprint density at radius 1 is 0.565 bits per heavy atom. The van der Waals surface area contributed by atoms with E-state index in [1.165, 1.54) is 103 Å². The first-order valence-corrected chi connectivity index (χ1v) is 11.0. The van der Waals surface area contributed by atoms with Gasteiger partial charge in [-0.1, -0.05) is 117 Å². The summed E-state index contributed by atoms with van der Waals surface area (Å²) < 4.78 is 0. The third kappa shape index (κ3) is 8.59. The van der Waals surface area contributed by atoms with E-state index in [2.05, 4.69) is 20.8 Å². The van der Waals surface area contributed by atoms with Crippen LogP contribution in [0.15, 0.2) is 0 Å². The summed E-state index contributed by atoms with van der Waals surface area (Å²) in [6.07, 6.45) is 24.3. The predicted molar refractivity (Wildman–Crippen MR) is 104 cm³/mol. The van der Waals surface area contributed by atoms with Gasteiger partial charge < -0.3 is 0 Å². The lowest BCUT2D eigenvalue weighted by Gasteiger charge is -2.32. The highest BCUT2D eigenvalue weighted by Crippen LogP contribution is 2.38. The minimum absolute atomic E-state index is 0.538. The summed E-state index contributed by atoms with van der Waals surface area (Å²) in [7, 11) is 0. The van der Waals surface area contributed by atoms with Crippen molar-refractivity contribution in [2.75, 3.05) is 0 Å². The smallest absolute Gasteiger partial charge is 0.0380 e.